The minimum atomic E-state index is 0.220. The van der Waals surface area contributed by atoms with E-state index in [1.165, 1.54) is 0 Å². The van der Waals surface area contributed by atoms with Crippen LogP contribution in [0.25, 0.3) is 22.4 Å². The third kappa shape index (κ3) is 1.81. The maximum absolute atomic E-state index is 9.53. The summed E-state index contributed by atoms with van der Waals surface area (Å²) in [5, 5.41) is 9.53. The number of aromatic nitrogens is 2. The van der Waals surface area contributed by atoms with Crippen LogP contribution < -0.4 is 4.74 Å². The Kier molecular flexibility index (Phi) is 2.63. The molecule has 1 aromatic heterocycles. The first-order valence-corrected chi connectivity index (χ1v) is 5.99. The molecular weight excluding hydrogens is 240 g/mol. The number of para-hydroxylation sites is 1. The van der Waals surface area contributed by atoms with Crippen molar-refractivity contribution in [2.24, 2.45) is 7.05 Å². The van der Waals surface area contributed by atoms with Crippen LogP contribution >= 0.6 is 0 Å². The number of hydrogen-bond acceptors (Lipinski definition) is 3. The van der Waals surface area contributed by atoms with Crippen molar-refractivity contribution >= 4 is 11.0 Å². The van der Waals surface area contributed by atoms with E-state index in [0.717, 1.165) is 28.2 Å². The second-order valence-electron chi connectivity index (χ2n) is 4.37. The van der Waals surface area contributed by atoms with Gasteiger partial charge in [0.05, 0.1) is 23.7 Å². The van der Waals surface area contributed by atoms with Gasteiger partial charge in [-0.3, -0.25) is 0 Å². The predicted molar refractivity (Wildman–Crippen MR) is 74.4 cm³/mol. The summed E-state index contributed by atoms with van der Waals surface area (Å²) in [4.78, 5) is 4.57. The number of ether oxygens (including phenoxy) is 1. The van der Waals surface area contributed by atoms with Crippen LogP contribution in [0.3, 0.4) is 0 Å². The second kappa shape index (κ2) is 4.31. The van der Waals surface area contributed by atoms with E-state index >= 15 is 0 Å². The van der Waals surface area contributed by atoms with Gasteiger partial charge in [0.15, 0.2) is 0 Å². The van der Waals surface area contributed by atoms with Crippen molar-refractivity contribution in [3.05, 3.63) is 42.5 Å². The number of hydrogen-bond donors (Lipinski definition) is 1. The highest BCUT2D eigenvalue weighted by Gasteiger charge is 2.13. The molecule has 0 unspecified atom stereocenters. The zero-order chi connectivity index (χ0) is 13.4. The van der Waals surface area contributed by atoms with Gasteiger partial charge in [-0.1, -0.05) is 12.1 Å². The number of phenols is 1. The van der Waals surface area contributed by atoms with Gasteiger partial charge in [0, 0.05) is 13.1 Å². The number of aromatic hydroxyl groups is 1. The quantitative estimate of drug-likeness (QED) is 0.764. The maximum atomic E-state index is 9.53. The van der Waals surface area contributed by atoms with Gasteiger partial charge in [0.2, 0.25) is 0 Å². The molecule has 0 bridgehead atoms. The van der Waals surface area contributed by atoms with E-state index in [0.29, 0.717) is 0 Å². The van der Waals surface area contributed by atoms with Gasteiger partial charge in [0.1, 0.15) is 17.3 Å². The minimum Gasteiger partial charge on any atom is -0.508 e. The Morgan fingerprint density at radius 2 is 1.95 bits per heavy atom. The highest BCUT2D eigenvalue weighted by molar-refractivity contribution is 5.82. The van der Waals surface area contributed by atoms with Crippen molar-refractivity contribution in [2.45, 2.75) is 0 Å². The molecule has 0 atom stereocenters. The van der Waals surface area contributed by atoms with E-state index in [9.17, 15) is 5.11 Å². The normalized spacial score (nSPS) is 10.8. The van der Waals surface area contributed by atoms with Crippen molar-refractivity contribution in [2.75, 3.05) is 7.11 Å². The monoisotopic (exact) mass is 254 g/mol. The van der Waals surface area contributed by atoms with Crippen molar-refractivity contribution in [3.63, 3.8) is 0 Å². The maximum Gasteiger partial charge on any atom is 0.144 e. The number of benzene rings is 2. The van der Waals surface area contributed by atoms with Crippen LogP contribution in [0.15, 0.2) is 42.5 Å². The van der Waals surface area contributed by atoms with E-state index in [-0.39, 0.29) is 5.75 Å². The average molecular weight is 254 g/mol. The molecule has 2 aromatic carbocycles. The number of nitrogens with zero attached hydrogens (tertiary/aromatic N) is 2. The fourth-order valence-electron chi connectivity index (χ4n) is 2.26. The summed E-state index contributed by atoms with van der Waals surface area (Å²) in [6.07, 6.45) is 0. The Bertz CT molecular complexity index is 747. The molecule has 3 rings (SSSR count). The van der Waals surface area contributed by atoms with Gasteiger partial charge in [-0.25, -0.2) is 4.98 Å². The molecule has 4 heteroatoms. The first-order chi connectivity index (χ1) is 9.20. The third-order valence-electron chi connectivity index (χ3n) is 3.21. The van der Waals surface area contributed by atoms with Crippen LogP contribution in [0, 0.1) is 0 Å². The van der Waals surface area contributed by atoms with Crippen molar-refractivity contribution < 1.29 is 9.84 Å². The number of aryl methyl sites for hydroxylation is 1. The van der Waals surface area contributed by atoms with Gasteiger partial charge >= 0.3 is 0 Å². The standard InChI is InChI=1S/C15H14N2O2/c1-17-13-8-7-10(18)9-12(13)16-15(17)11-5-3-4-6-14(11)19-2/h3-9,18H,1-2H3. The Morgan fingerprint density at radius 3 is 2.74 bits per heavy atom. The molecule has 0 aliphatic rings. The van der Waals surface area contributed by atoms with E-state index in [1.807, 2.05) is 41.9 Å². The lowest BCUT2D eigenvalue weighted by Crippen LogP contribution is -1.95. The number of rotatable bonds is 2. The summed E-state index contributed by atoms with van der Waals surface area (Å²) >= 11 is 0. The van der Waals surface area contributed by atoms with Gasteiger partial charge in [-0.05, 0) is 24.3 Å². The minimum absolute atomic E-state index is 0.220. The number of methoxy groups -OCH3 is 1. The van der Waals surface area contributed by atoms with Crippen LogP contribution in [0.4, 0.5) is 0 Å². The van der Waals surface area contributed by atoms with Gasteiger partial charge in [-0.2, -0.15) is 0 Å². The lowest BCUT2D eigenvalue weighted by Gasteiger charge is -2.07. The van der Waals surface area contributed by atoms with Gasteiger partial charge in [0.25, 0.3) is 0 Å². The van der Waals surface area contributed by atoms with Crippen molar-refractivity contribution in [1.29, 1.82) is 0 Å². The molecule has 0 fully saturated rings. The average Bonchev–Trinajstić information content (AvgIpc) is 2.75. The number of imidazole rings is 1. The Morgan fingerprint density at radius 1 is 1.16 bits per heavy atom. The SMILES string of the molecule is COc1ccccc1-c1nc2cc(O)ccc2n1C. The van der Waals surface area contributed by atoms with Crippen molar-refractivity contribution in [1.82, 2.24) is 9.55 Å². The molecule has 0 aliphatic heterocycles. The molecular formula is C15H14N2O2. The zero-order valence-electron chi connectivity index (χ0n) is 10.8. The van der Waals surface area contributed by atoms with E-state index in [2.05, 4.69) is 4.98 Å². The van der Waals surface area contributed by atoms with Crippen LogP contribution in [0.2, 0.25) is 0 Å². The van der Waals surface area contributed by atoms with E-state index < -0.39 is 0 Å². The van der Waals surface area contributed by atoms with Crippen LogP contribution in [0.5, 0.6) is 11.5 Å². The van der Waals surface area contributed by atoms with Crippen molar-refractivity contribution in [3.8, 4) is 22.9 Å². The molecule has 0 amide bonds. The molecule has 3 aromatic rings. The highest BCUT2D eigenvalue weighted by atomic mass is 16.5. The van der Waals surface area contributed by atoms with Crippen LogP contribution in [-0.4, -0.2) is 21.8 Å². The molecule has 4 nitrogen and oxygen atoms in total. The summed E-state index contributed by atoms with van der Waals surface area (Å²) in [5.74, 6) is 1.82. The fraction of sp³-hybridized carbons (Fsp3) is 0.133. The lowest BCUT2D eigenvalue weighted by atomic mass is 10.2. The predicted octanol–water partition coefficient (Wildman–Crippen LogP) is 2.95. The molecule has 0 aliphatic carbocycles. The Labute approximate surface area is 110 Å². The Hall–Kier alpha value is -2.49. The third-order valence-corrected chi connectivity index (χ3v) is 3.21. The molecule has 96 valence electrons. The summed E-state index contributed by atoms with van der Waals surface area (Å²) in [6, 6.07) is 12.9. The summed E-state index contributed by atoms with van der Waals surface area (Å²) in [7, 11) is 3.60. The molecule has 19 heavy (non-hydrogen) atoms. The summed E-state index contributed by atoms with van der Waals surface area (Å²) in [5.41, 5.74) is 2.67. The molecule has 0 spiro atoms. The summed E-state index contributed by atoms with van der Waals surface area (Å²) in [6.45, 7) is 0. The van der Waals surface area contributed by atoms with E-state index in [1.54, 1.807) is 19.2 Å². The smallest absolute Gasteiger partial charge is 0.144 e. The Balaban J connectivity index is 2.28. The van der Waals surface area contributed by atoms with E-state index in [4.69, 9.17) is 4.74 Å². The summed E-state index contributed by atoms with van der Waals surface area (Å²) < 4.78 is 7.36. The van der Waals surface area contributed by atoms with Crippen LogP contribution in [-0.2, 0) is 7.05 Å². The number of fused-ring (bicyclic) bond motifs is 1. The highest BCUT2D eigenvalue weighted by Crippen LogP contribution is 2.31. The second-order valence-corrected chi connectivity index (χ2v) is 4.37. The lowest BCUT2D eigenvalue weighted by molar-refractivity contribution is 0.416. The molecule has 1 N–H and O–H groups in total. The zero-order valence-corrected chi connectivity index (χ0v) is 10.8. The molecule has 0 saturated heterocycles. The fourth-order valence-corrected chi connectivity index (χ4v) is 2.26. The van der Waals surface area contributed by atoms with Gasteiger partial charge in [-0.15, -0.1) is 0 Å². The molecule has 0 saturated carbocycles. The molecule has 0 radical (unpaired) electrons. The molecule has 1 heterocycles. The first kappa shape index (κ1) is 11.6. The first-order valence-electron chi connectivity index (χ1n) is 5.99. The van der Waals surface area contributed by atoms with Gasteiger partial charge < -0.3 is 14.4 Å². The number of phenolic OH excluding ortho intramolecular Hbond substituents is 1. The van der Waals surface area contributed by atoms with Crippen LogP contribution in [0.1, 0.15) is 0 Å². The topological polar surface area (TPSA) is 47.3 Å². The largest absolute Gasteiger partial charge is 0.508 e.